The molecule has 0 heterocycles. The first-order valence-electron chi connectivity index (χ1n) is 5.87. The molecule has 0 amide bonds. The van der Waals surface area contributed by atoms with Crippen LogP contribution >= 0.6 is 0 Å². The van der Waals surface area contributed by atoms with Gasteiger partial charge in [-0.3, -0.25) is 9.00 Å². The Morgan fingerprint density at radius 1 is 1.00 bits per heavy atom. The molecule has 98 valence electrons. The van der Waals surface area contributed by atoms with Crippen molar-refractivity contribution < 1.29 is 14.1 Å². The fourth-order valence-corrected chi connectivity index (χ4v) is 3.23. The maximum absolute atomic E-state index is 12.3. The SMILES string of the molecule is O=C(O)C(c1ccccc1)[S@](=O)Cc1ccccc1. The first-order valence-corrected chi connectivity index (χ1v) is 7.25. The van der Waals surface area contributed by atoms with Crippen LogP contribution in [0.3, 0.4) is 0 Å². The molecule has 2 aromatic rings. The number of carboxylic acids is 1. The Morgan fingerprint density at radius 3 is 2.05 bits per heavy atom. The Balaban J connectivity index is 2.21. The molecular weight excluding hydrogens is 260 g/mol. The van der Waals surface area contributed by atoms with Gasteiger partial charge in [-0.25, -0.2) is 0 Å². The highest BCUT2D eigenvalue weighted by Gasteiger charge is 2.26. The number of carboxylic acid groups (broad SMARTS) is 1. The maximum atomic E-state index is 12.3. The average Bonchev–Trinajstić information content (AvgIpc) is 2.40. The molecule has 4 heteroatoms. The third-order valence-corrected chi connectivity index (χ3v) is 4.36. The van der Waals surface area contributed by atoms with Gasteiger partial charge in [0.25, 0.3) is 0 Å². The van der Waals surface area contributed by atoms with Crippen molar-refractivity contribution in [1.82, 2.24) is 0 Å². The van der Waals surface area contributed by atoms with E-state index in [1.165, 1.54) is 0 Å². The molecular formula is C15H14O3S. The second-order valence-electron chi connectivity index (χ2n) is 4.14. The first kappa shape index (κ1) is 13.5. The van der Waals surface area contributed by atoms with Crippen LogP contribution in [0.2, 0.25) is 0 Å². The highest BCUT2D eigenvalue weighted by atomic mass is 32.2. The minimum atomic E-state index is -1.49. The number of benzene rings is 2. The minimum absolute atomic E-state index is 0.243. The third kappa shape index (κ3) is 3.51. The molecule has 2 atom stereocenters. The summed E-state index contributed by atoms with van der Waals surface area (Å²) in [5, 5.41) is 8.30. The summed E-state index contributed by atoms with van der Waals surface area (Å²) >= 11 is 0. The summed E-state index contributed by atoms with van der Waals surface area (Å²) in [6.07, 6.45) is 0. The van der Waals surface area contributed by atoms with Crippen molar-refractivity contribution in [3.63, 3.8) is 0 Å². The fraction of sp³-hybridized carbons (Fsp3) is 0.133. The summed E-state index contributed by atoms with van der Waals surface area (Å²) in [6.45, 7) is 0. The molecule has 0 saturated carbocycles. The van der Waals surface area contributed by atoms with Crippen molar-refractivity contribution in [3.05, 3.63) is 71.8 Å². The van der Waals surface area contributed by atoms with Gasteiger partial charge in [-0.2, -0.15) is 0 Å². The lowest BCUT2D eigenvalue weighted by Gasteiger charge is -2.12. The molecule has 2 aromatic carbocycles. The van der Waals surface area contributed by atoms with Crippen LogP contribution in [-0.4, -0.2) is 15.3 Å². The van der Waals surface area contributed by atoms with Gasteiger partial charge in [0.15, 0.2) is 5.25 Å². The van der Waals surface area contributed by atoms with Crippen molar-refractivity contribution in [2.75, 3.05) is 0 Å². The van der Waals surface area contributed by atoms with Gasteiger partial charge in [0.1, 0.15) is 0 Å². The van der Waals surface area contributed by atoms with Crippen molar-refractivity contribution in [2.45, 2.75) is 11.0 Å². The van der Waals surface area contributed by atoms with Crippen LogP contribution in [0, 0.1) is 0 Å². The van der Waals surface area contributed by atoms with Crippen LogP contribution in [0.15, 0.2) is 60.7 Å². The summed E-state index contributed by atoms with van der Waals surface area (Å²) < 4.78 is 12.3. The van der Waals surface area contributed by atoms with Crippen molar-refractivity contribution in [2.24, 2.45) is 0 Å². The summed E-state index contributed by atoms with van der Waals surface area (Å²) in [4.78, 5) is 11.3. The number of hydrogen-bond acceptors (Lipinski definition) is 2. The Labute approximate surface area is 114 Å². The van der Waals surface area contributed by atoms with E-state index < -0.39 is 22.0 Å². The van der Waals surface area contributed by atoms with Crippen molar-refractivity contribution in [3.8, 4) is 0 Å². The van der Waals surface area contributed by atoms with Crippen molar-refractivity contribution >= 4 is 16.8 Å². The van der Waals surface area contributed by atoms with E-state index in [2.05, 4.69) is 0 Å². The van der Waals surface area contributed by atoms with Crippen LogP contribution in [0.5, 0.6) is 0 Å². The Bertz CT molecular complexity index is 566. The van der Waals surface area contributed by atoms with E-state index in [0.717, 1.165) is 5.56 Å². The van der Waals surface area contributed by atoms with Gasteiger partial charge in [0.05, 0.1) is 0 Å². The van der Waals surface area contributed by atoms with E-state index in [1.807, 2.05) is 36.4 Å². The molecule has 0 aliphatic heterocycles. The second kappa shape index (κ2) is 6.29. The zero-order valence-corrected chi connectivity index (χ0v) is 11.0. The van der Waals surface area contributed by atoms with Crippen LogP contribution in [-0.2, 0) is 21.3 Å². The predicted octanol–water partition coefficient (Wildman–Crippen LogP) is 2.76. The highest BCUT2D eigenvalue weighted by molar-refractivity contribution is 7.85. The van der Waals surface area contributed by atoms with Gasteiger partial charge in [-0.15, -0.1) is 0 Å². The molecule has 0 spiro atoms. The van der Waals surface area contributed by atoms with Crippen LogP contribution in [0.25, 0.3) is 0 Å². The van der Waals surface area contributed by atoms with Gasteiger partial charge >= 0.3 is 5.97 Å². The molecule has 0 saturated heterocycles. The van der Waals surface area contributed by atoms with E-state index in [0.29, 0.717) is 5.56 Å². The number of carbonyl (C=O) groups is 1. The first-order chi connectivity index (χ1) is 9.18. The Hall–Kier alpha value is -1.94. The monoisotopic (exact) mass is 274 g/mol. The quantitative estimate of drug-likeness (QED) is 0.912. The fourth-order valence-electron chi connectivity index (χ4n) is 1.86. The lowest BCUT2D eigenvalue weighted by atomic mass is 10.1. The largest absolute Gasteiger partial charge is 0.480 e. The number of rotatable bonds is 5. The Kier molecular flexibility index (Phi) is 4.47. The number of hydrogen-bond donors (Lipinski definition) is 1. The molecule has 0 aliphatic rings. The zero-order chi connectivity index (χ0) is 13.7. The van der Waals surface area contributed by atoms with Gasteiger partial charge in [-0.1, -0.05) is 60.7 Å². The normalized spacial score (nSPS) is 13.7. The molecule has 19 heavy (non-hydrogen) atoms. The van der Waals surface area contributed by atoms with Crippen LogP contribution < -0.4 is 0 Å². The topological polar surface area (TPSA) is 54.4 Å². The van der Waals surface area contributed by atoms with E-state index in [-0.39, 0.29) is 5.75 Å². The average molecular weight is 274 g/mol. The van der Waals surface area contributed by atoms with Gasteiger partial charge in [-0.05, 0) is 11.1 Å². The molecule has 1 N–H and O–H groups in total. The van der Waals surface area contributed by atoms with Gasteiger partial charge in [0, 0.05) is 16.6 Å². The van der Waals surface area contributed by atoms with Crippen LogP contribution in [0.1, 0.15) is 16.4 Å². The highest BCUT2D eigenvalue weighted by Crippen LogP contribution is 2.22. The Morgan fingerprint density at radius 2 is 1.53 bits per heavy atom. The summed E-state index contributed by atoms with van der Waals surface area (Å²) in [5.74, 6) is -0.812. The molecule has 0 aliphatic carbocycles. The molecule has 0 fully saturated rings. The molecule has 0 bridgehead atoms. The van der Waals surface area contributed by atoms with E-state index in [4.69, 9.17) is 0 Å². The third-order valence-electron chi connectivity index (χ3n) is 2.74. The lowest BCUT2D eigenvalue weighted by Crippen LogP contribution is -2.18. The molecule has 0 aromatic heterocycles. The van der Waals surface area contributed by atoms with Gasteiger partial charge < -0.3 is 5.11 Å². The number of aliphatic carboxylic acids is 1. The van der Waals surface area contributed by atoms with E-state index in [9.17, 15) is 14.1 Å². The summed E-state index contributed by atoms with van der Waals surface area (Å²) in [7, 11) is -1.49. The smallest absolute Gasteiger partial charge is 0.323 e. The zero-order valence-electron chi connectivity index (χ0n) is 10.2. The molecule has 1 unspecified atom stereocenters. The van der Waals surface area contributed by atoms with Gasteiger partial charge in [0.2, 0.25) is 0 Å². The standard InChI is InChI=1S/C15H14O3S/c16-15(17)14(13-9-5-2-6-10-13)19(18)11-12-7-3-1-4-8-12/h1-10,14H,11H2,(H,16,17)/t14?,19-/m1/s1. The molecule has 3 nitrogen and oxygen atoms in total. The lowest BCUT2D eigenvalue weighted by molar-refractivity contribution is -0.136. The predicted molar refractivity (Wildman–Crippen MR) is 75.1 cm³/mol. The summed E-state index contributed by atoms with van der Waals surface area (Å²) in [5.41, 5.74) is 1.45. The summed E-state index contributed by atoms with van der Waals surface area (Å²) in [6, 6.07) is 18.0. The van der Waals surface area contributed by atoms with E-state index >= 15 is 0 Å². The molecule has 0 radical (unpaired) electrons. The minimum Gasteiger partial charge on any atom is -0.480 e. The maximum Gasteiger partial charge on any atom is 0.323 e. The van der Waals surface area contributed by atoms with E-state index in [1.54, 1.807) is 24.3 Å². The molecule has 2 rings (SSSR count). The van der Waals surface area contributed by atoms with Crippen LogP contribution in [0.4, 0.5) is 0 Å². The second-order valence-corrected chi connectivity index (χ2v) is 5.66. The van der Waals surface area contributed by atoms with Crippen molar-refractivity contribution in [1.29, 1.82) is 0 Å².